The van der Waals surface area contributed by atoms with E-state index in [0.717, 1.165) is 11.8 Å². The van der Waals surface area contributed by atoms with Crippen LogP contribution in [-0.2, 0) is 0 Å². The predicted molar refractivity (Wildman–Crippen MR) is 88.0 cm³/mol. The molecule has 0 amide bonds. The van der Waals surface area contributed by atoms with Gasteiger partial charge in [-0.2, -0.15) is 0 Å². The standard InChI is InChI=1S/C18H36N2/c1-14(2)10-18(8-6-7-9-18)13-20-12-17(15(3)4)19-11-16(20)5/h14-17,19H,6-13H2,1-5H3. The maximum atomic E-state index is 3.73. The van der Waals surface area contributed by atoms with Crippen molar-refractivity contribution in [2.75, 3.05) is 19.6 Å². The van der Waals surface area contributed by atoms with E-state index < -0.39 is 0 Å². The van der Waals surface area contributed by atoms with Gasteiger partial charge in [-0.05, 0) is 43.4 Å². The van der Waals surface area contributed by atoms with Crippen LogP contribution in [0.1, 0.15) is 66.7 Å². The number of rotatable bonds is 5. The van der Waals surface area contributed by atoms with Crippen molar-refractivity contribution >= 4 is 0 Å². The quantitative estimate of drug-likeness (QED) is 0.821. The molecule has 0 aromatic carbocycles. The van der Waals surface area contributed by atoms with Gasteiger partial charge in [0.2, 0.25) is 0 Å². The first-order valence-corrected chi connectivity index (χ1v) is 8.89. The third kappa shape index (κ3) is 3.98. The van der Waals surface area contributed by atoms with Gasteiger partial charge >= 0.3 is 0 Å². The van der Waals surface area contributed by atoms with Crippen LogP contribution in [0, 0.1) is 17.3 Å². The summed E-state index contributed by atoms with van der Waals surface area (Å²) < 4.78 is 0. The molecular formula is C18H36N2. The number of nitrogens with one attached hydrogen (secondary N) is 1. The molecule has 2 heteroatoms. The molecule has 20 heavy (non-hydrogen) atoms. The molecule has 0 aromatic heterocycles. The third-order valence-corrected chi connectivity index (χ3v) is 5.58. The minimum absolute atomic E-state index is 0.626. The average molecular weight is 281 g/mol. The summed E-state index contributed by atoms with van der Waals surface area (Å²) in [5.41, 5.74) is 0.626. The Morgan fingerprint density at radius 3 is 2.35 bits per heavy atom. The van der Waals surface area contributed by atoms with Crippen molar-refractivity contribution < 1.29 is 0 Å². The third-order valence-electron chi connectivity index (χ3n) is 5.58. The van der Waals surface area contributed by atoms with Crippen LogP contribution in [0.15, 0.2) is 0 Å². The smallest absolute Gasteiger partial charge is 0.0218 e. The highest BCUT2D eigenvalue weighted by molar-refractivity contribution is 4.93. The Hall–Kier alpha value is -0.0800. The van der Waals surface area contributed by atoms with Crippen molar-refractivity contribution in [1.82, 2.24) is 10.2 Å². The van der Waals surface area contributed by atoms with E-state index >= 15 is 0 Å². The normalized spacial score (nSPS) is 31.4. The van der Waals surface area contributed by atoms with E-state index in [4.69, 9.17) is 0 Å². The lowest BCUT2D eigenvalue weighted by Crippen LogP contribution is -2.59. The van der Waals surface area contributed by atoms with E-state index in [9.17, 15) is 0 Å². The van der Waals surface area contributed by atoms with Gasteiger partial charge in [-0.3, -0.25) is 4.90 Å². The highest BCUT2D eigenvalue weighted by Gasteiger charge is 2.38. The molecule has 0 bridgehead atoms. The van der Waals surface area contributed by atoms with E-state index in [1.54, 1.807) is 0 Å². The maximum absolute atomic E-state index is 3.73. The Morgan fingerprint density at radius 2 is 1.80 bits per heavy atom. The lowest BCUT2D eigenvalue weighted by atomic mass is 9.77. The minimum atomic E-state index is 0.626. The summed E-state index contributed by atoms with van der Waals surface area (Å²) in [4.78, 5) is 2.80. The van der Waals surface area contributed by atoms with E-state index in [2.05, 4.69) is 44.8 Å². The van der Waals surface area contributed by atoms with Crippen molar-refractivity contribution in [3.63, 3.8) is 0 Å². The fraction of sp³-hybridized carbons (Fsp3) is 1.00. The SMILES string of the molecule is CC(C)CC1(CN2CC(C(C)C)NCC2C)CCCC1. The summed E-state index contributed by atoms with van der Waals surface area (Å²) in [6, 6.07) is 1.39. The summed E-state index contributed by atoms with van der Waals surface area (Å²) in [7, 11) is 0. The highest BCUT2D eigenvalue weighted by atomic mass is 15.2. The van der Waals surface area contributed by atoms with Gasteiger partial charge in [0.15, 0.2) is 0 Å². The molecule has 2 fully saturated rings. The summed E-state index contributed by atoms with van der Waals surface area (Å²) in [5.74, 6) is 1.59. The molecule has 2 atom stereocenters. The number of hydrogen-bond donors (Lipinski definition) is 1. The van der Waals surface area contributed by atoms with Gasteiger partial charge in [-0.1, -0.05) is 40.5 Å². The van der Waals surface area contributed by atoms with Gasteiger partial charge in [-0.15, -0.1) is 0 Å². The number of nitrogens with zero attached hydrogens (tertiary/aromatic N) is 1. The van der Waals surface area contributed by atoms with E-state index in [1.807, 2.05) is 0 Å². The van der Waals surface area contributed by atoms with E-state index in [-0.39, 0.29) is 0 Å². The average Bonchev–Trinajstić information content (AvgIpc) is 2.79. The van der Waals surface area contributed by atoms with Gasteiger partial charge in [0.25, 0.3) is 0 Å². The zero-order chi connectivity index (χ0) is 14.8. The Labute approximate surface area is 126 Å². The summed E-state index contributed by atoms with van der Waals surface area (Å²) in [5, 5.41) is 3.73. The maximum Gasteiger partial charge on any atom is 0.0218 e. The zero-order valence-corrected chi connectivity index (χ0v) is 14.4. The first kappa shape index (κ1) is 16.3. The van der Waals surface area contributed by atoms with Crippen LogP contribution in [-0.4, -0.2) is 36.6 Å². The Morgan fingerprint density at radius 1 is 1.15 bits per heavy atom. The molecule has 1 N–H and O–H groups in total. The van der Waals surface area contributed by atoms with Crippen LogP contribution < -0.4 is 5.32 Å². The summed E-state index contributed by atoms with van der Waals surface area (Å²) in [6.07, 6.45) is 7.28. The minimum Gasteiger partial charge on any atom is -0.311 e. The molecule has 2 nitrogen and oxygen atoms in total. The molecule has 1 saturated carbocycles. The van der Waals surface area contributed by atoms with Gasteiger partial charge in [0.05, 0.1) is 0 Å². The van der Waals surface area contributed by atoms with Crippen molar-refractivity contribution in [2.45, 2.75) is 78.8 Å². The molecule has 2 aliphatic rings. The second-order valence-electron chi connectivity index (χ2n) is 8.34. The molecule has 2 rings (SSSR count). The lowest BCUT2D eigenvalue weighted by molar-refractivity contribution is 0.0590. The second-order valence-corrected chi connectivity index (χ2v) is 8.34. The fourth-order valence-corrected chi connectivity index (χ4v) is 4.46. The molecule has 1 aliphatic heterocycles. The van der Waals surface area contributed by atoms with Gasteiger partial charge < -0.3 is 5.32 Å². The Kier molecular flexibility index (Phi) is 5.53. The van der Waals surface area contributed by atoms with Crippen LogP contribution in [0.3, 0.4) is 0 Å². The van der Waals surface area contributed by atoms with Crippen molar-refractivity contribution in [1.29, 1.82) is 0 Å². The molecule has 118 valence electrons. The molecule has 0 radical (unpaired) electrons. The van der Waals surface area contributed by atoms with Crippen molar-refractivity contribution in [3.05, 3.63) is 0 Å². The highest BCUT2D eigenvalue weighted by Crippen LogP contribution is 2.44. The van der Waals surface area contributed by atoms with Crippen LogP contribution in [0.25, 0.3) is 0 Å². The lowest BCUT2D eigenvalue weighted by Gasteiger charge is -2.45. The topological polar surface area (TPSA) is 15.3 Å². The largest absolute Gasteiger partial charge is 0.311 e. The molecule has 1 saturated heterocycles. The monoisotopic (exact) mass is 280 g/mol. The molecule has 1 aliphatic carbocycles. The van der Waals surface area contributed by atoms with Crippen LogP contribution in [0.2, 0.25) is 0 Å². The first-order valence-electron chi connectivity index (χ1n) is 8.89. The van der Waals surface area contributed by atoms with E-state index in [1.165, 1.54) is 51.7 Å². The van der Waals surface area contributed by atoms with E-state index in [0.29, 0.717) is 17.5 Å². The summed E-state index contributed by atoms with van der Waals surface area (Å²) in [6.45, 7) is 15.7. The predicted octanol–water partition coefficient (Wildman–Crippen LogP) is 3.91. The van der Waals surface area contributed by atoms with Crippen LogP contribution >= 0.6 is 0 Å². The molecule has 2 unspecified atom stereocenters. The van der Waals surface area contributed by atoms with Crippen molar-refractivity contribution in [2.24, 2.45) is 17.3 Å². The fourth-order valence-electron chi connectivity index (χ4n) is 4.46. The van der Waals surface area contributed by atoms with Crippen LogP contribution in [0.4, 0.5) is 0 Å². The second kappa shape index (κ2) is 6.79. The van der Waals surface area contributed by atoms with Crippen LogP contribution in [0.5, 0.6) is 0 Å². The van der Waals surface area contributed by atoms with Crippen molar-refractivity contribution in [3.8, 4) is 0 Å². The Balaban J connectivity index is 2.01. The van der Waals surface area contributed by atoms with Gasteiger partial charge in [0.1, 0.15) is 0 Å². The van der Waals surface area contributed by atoms with Gasteiger partial charge in [0, 0.05) is 31.7 Å². The first-order chi connectivity index (χ1) is 9.42. The molecule has 1 heterocycles. The zero-order valence-electron chi connectivity index (χ0n) is 14.4. The summed E-state index contributed by atoms with van der Waals surface area (Å²) >= 11 is 0. The Bertz CT molecular complexity index is 292. The number of hydrogen-bond acceptors (Lipinski definition) is 2. The number of piperazine rings is 1. The molecule has 0 aromatic rings. The molecule has 0 spiro atoms. The van der Waals surface area contributed by atoms with Gasteiger partial charge in [-0.25, -0.2) is 0 Å². The molecular weight excluding hydrogens is 244 g/mol.